The molecule has 120 valence electrons. The number of fused-ring (bicyclic) bond motifs is 1. The maximum absolute atomic E-state index is 12.2. The van der Waals surface area contributed by atoms with Gasteiger partial charge in [0.15, 0.2) is 5.78 Å². The van der Waals surface area contributed by atoms with Crippen molar-refractivity contribution in [3.63, 3.8) is 0 Å². The Morgan fingerprint density at radius 1 is 1.13 bits per heavy atom. The van der Waals surface area contributed by atoms with E-state index < -0.39 is 17.8 Å². The lowest BCUT2D eigenvalue weighted by molar-refractivity contribution is -0.125. The van der Waals surface area contributed by atoms with Crippen molar-refractivity contribution in [1.82, 2.24) is 15.8 Å². The summed E-state index contributed by atoms with van der Waals surface area (Å²) in [5.74, 6) is -1.04. The van der Waals surface area contributed by atoms with Gasteiger partial charge < -0.3 is 0 Å². The van der Waals surface area contributed by atoms with Crippen LogP contribution in [0.25, 0.3) is 0 Å². The summed E-state index contributed by atoms with van der Waals surface area (Å²) in [6, 6.07) is 5.04. The third kappa shape index (κ3) is 3.39. The Morgan fingerprint density at radius 2 is 1.91 bits per heavy atom. The summed E-state index contributed by atoms with van der Waals surface area (Å²) in [5.41, 5.74) is 5.45. The van der Waals surface area contributed by atoms with Crippen LogP contribution in [0.1, 0.15) is 40.7 Å². The third-order valence-electron chi connectivity index (χ3n) is 4.05. The smallest absolute Gasteiger partial charge is 0.294 e. The van der Waals surface area contributed by atoms with E-state index in [0.29, 0.717) is 5.56 Å². The molecule has 7 heteroatoms. The molecule has 3 rings (SSSR count). The molecule has 2 N–H and O–H groups in total. The zero-order valence-electron chi connectivity index (χ0n) is 12.6. The van der Waals surface area contributed by atoms with E-state index in [4.69, 9.17) is 0 Å². The maximum Gasteiger partial charge on any atom is 0.343 e. The lowest BCUT2D eigenvalue weighted by Gasteiger charge is -2.14. The predicted octanol–water partition coefficient (Wildman–Crippen LogP) is 0.721. The minimum Gasteiger partial charge on any atom is -0.294 e. The Morgan fingerprint density at radius 3 is 2.65 bits per heavy atom. The quantitative estimate of drug-likeness (QED) is 0.618. The number of hydrogen-bond donors (Lipinski definition) is 2. The Bertz CT molecular complexity index is 699. The minimum atomic E-state index is -0.659. The molecule has 1 aromatic carbocycles. The third-order valence-corrected chi connectivity index (χ3v) is 4.05. The van der Waals surface area contributed by atoms with E-state index in [-0.39, 0.29) is 25.2 Å². The second kappa shape index (κ2) is 6.20. The number of nitrogens with zero attached hydrogens (tertiary/aromatic N) is 1. The number of carbonyl (C=O) groups excluding carboxylic acids is 4. The van der Waals surface area contributed by atoms with Gasteiger partial charge in [-0.1, -0.05) is 12.1 Å². The van der Waals surface area contributed by atoms with Crippen LogP contribution in [0.4, 0.5) is 4.79 Å². The first-order chi connectivity index (χ1) is 11.0. The van der Waals surface area contributed by atoms with Crippen LogP contribution >= 0.6 is 0 Å². The molecule has 0 radical (unpaired) electrons. The average molecular weight is 315 g/mol. The summed E-state index contributed by atoms with van der Waals surface area (Å²) in [6.07, 6.45) is 3.20. The number of carbonyl (C=O) groups is 4. The van der Waals surface area contributed by atoms with Crippen molar-refractivity contribution in [3.05, 3.63) is 34.9 Å². The van der Waals surface area contributed by atoms with E-state index in [1.807, 2.05) is 12.1 Å². The highest BCUT2D eigenvalue weighted by molar-refractivity contribution is 6.03. The number of hydrogen-bond acceptors (Lipinski definition) is 4. The molecule has 1 aliphatic heterocycles. The van der Waals surface area contributed by atoms with Gasteiger partial charge in [-0.3, -0.25) is 25.1 Å². The Balaban J connectivity index is 1.51. The van der Waals surface area contributed by atoms with Crippen molar-refractivity contribution >= 4 is 23.6 Å². The van der Waals surface area contributed by atoms with Crippen molar-refractivity contribution < 1.29 is 19.2 Å². The largest absolute Gasteiger partial charge is 0.343 e. The van der Waals surface area contributed by atoms with E-state index in [1.54, 1.807) is 6.07 Å². The van der Waals surface area contributed by atoms with Crippen LogP contribution in [0, 0.1) is 0 Å². The Labute approximate surface area is 133 Å². The molecule has 1 heterocycles. The van der Waals surface area contributed by atoms with Gasteiger partial charge in [-0.05, 0) is 36.5 Å². The number of imide groups is 1. The molecule has 0 spiro atoms. The second-order valence-electron chi connectivity index (χ2n) is 5.73. The number of urea groups is 1. The highest BCUT2D eigenvalue weighted by atomic mass is 16.2. The molecule has 23 heavy (non-hydrogen) atoms. The standard InChI is InChI=1S/C16H17N3O4/c20-13(12-5-4-10-2-1-3-11(10)8-12)6-7-14(21)18-19-9-15(22)17-16(19)23/h4-5,8H,1-3,6-7,9H2,(H,18,21)(H,17,22,23). The average Bonchev–Trinajstić information content (AvgIpc) is 3.10. The number of hydrazine groups is 1. The number of rotatable bonds is 5. The molecule has 0 saturated carbocycles. The molecule has 0 bridgehead atoms. The fourth-order valence-corrected chi connectivity index (χ4v) is 2.86. The Hall–Kier alpha value is -2.70. The molecule has 2 aliphatic rings. The van der Waals surface area contributed by atoms with Crippen LogP contribution in [0.15, 0.2) is 18.2 Å². The van der Waals surface area contributed by atoms with Crippen molar-refractivity contribution in [2.45, 2.75) is 32.1 Å². The molecule has 0 unspecified atom stereocenters. The van der Waals surface area contributed by atoms with E-state index >= 15 is 0 Å². The number of amides is 4. The maximum atomic E-state index is 12.2. The summed E-state index contributed by atoms with van der Waals surface area (Å²) in [6.45, 7) is -0.205. The van der Waals surface area contributed by atoms with Gasteiger partial charge in [0.1, 0.15) is 6.54 Å². The van der Waals surface area contributed by atoms with Gasteiger partial charge in [0, 0.05) is 18.4 Å². The van der Waals surface area contributed by atoms with Gasteiger partial charge >= 0.3 is 6.03 Å². The van der Waals surface area contributed by atoms with Crippen LogP contribution in [-0.4, -0.2) is 35.2 Å². The monoisotopic (exact) mass is 315 g/mol. The summed E-state index contributed by atoms with van der Waals surface area (Å²) < 4.78 is 0. The number of Topliss-reactive ketones (excluding diaryl/α,β-unsaturated/α-hetero) is 1. The molecular weight excluding hydrogens is 298 g/mol. The summed E-state index contributed by atoms with van der Waals surface area (Å²) in [4.78, 5) is 46.3. The first-order valence-corrected chi connectivity index (χ1v) is 7.59. The number of ketones is 1. The SMILES string of the molecule is O=C1CN(NC(=O)CCC(=O)c2ccc3c(c2)CCC3)C(=O)N1. The number of aryl methyl sites for hydroxylation is 2. The van der Waals surface area contributed by atoms with Crippen LogP contribution in [0.2, 0.25) is 0 Å². The van der Waals surface area contributed by atoms with Gasteiger partial charge in [0.25, 0.3) is 0 Å². The molecule has 1 aliphatic carbocycles. The van der Waals surface area contributed by atoms with Crippen molar-refractivity contribution in [1.29, 1.82) is 0 Å². The lowest BCUT2D eigenvalue weighted by Crippen LogP contribution is -2.44. The predicted molar refractivity (Wildman–Crippen MR) is 80.4 cm³/mol. The summed E-state index contributed by atoms with van der Waals surface area (Å²) in [5, 5.41) is 2.96. The molecule has 1 fully saturated rings. The van der Waals surface area contributed by atoms with E-state index in [0.717, 1.165) is 24.3 Å². The molecule has 4 amide bonds. The second-order valence-corrected chi connectivity index (χ2v) is 5.73. The van der Waals surface area contributed by atoms with Gasteiger partial charge in [0.05, 0.1) is 0 Å². The molecular formula is C16H17N3O4. The molecule has 1 aromatic rings. The van der Waals surface area contributed by atoms with E-state index in [9.17, 15) is 19.2 Å². The first kappa shape index (κ1) is 15.2. The summed E-state index contributed by atoms with van der Waals surface area (Å²) in [7, 11) is 0. The summed E-state index contributed by atoms with van der Waals surface area (Å²) >= 11 is 0. The molecule has 0 aromatic heterocycles. The van der Waals surface area contributed by atoms with Crippen LogP contribution in [0.5, 0.6) is 0 Å². The zero-order chi connectivity index (χ0) is 16.4. The highest BCUT2D eigenvalue weighted by Gasteiger charge is 2.28. The van der Waals surface area contributed by atoms with Crippen molar-refractivity contribution in [2.24, 2.45) is 0 Å². The topological polar surface area (TPSA) is 95.6 Å². The van der Waals surface area contributed by atoms with E-state index in [2.05, 4.69) is 10.7 Å². The van der Waals surface area contributed by atoms with Gasteiger partial charge in [-0.2, -0.15) is 0 Å². The number of nitrogens with one attached hydrogen (secondary N) is 2. The van der Waals surface area contributed by atoms with Crippen LogP contribution in [-0.2, 0) is 22.4 Å². The van der Waals surface area contributed by atoms with Crippen molar-refractivity contribution in [3.8, 4) is 0 Å². The molecule has 1 saturated heterocycles. The normalized spacial score (nSPS) is 16.3. The zero-order valence-corrected chi connectivity index (χ0v) is 12.6. The Kier molecular flexibility index (Phi) is 4.10. The fraction of sp³-hybridized carbons (Fsp3) is 0.375. The first-order valence-electron chi connectivity index (χ1n) is 7.59. The minimum absolute atomic E-state index is 0.0338. The highest BCUT2D eigenvalue weighted by Crippen LogP contribution is 2.23. The van der Waals surface area contributed by atoms with Crippen molar-refractivity contribution in [2.75, 3.05) is 6.54 Å². The van der Waals surface area contributed by atoms with Crippen LogP contribution < -0.4 is 10.7 Å². The van der Waals surface area contributed by atoms with Gasteiger partial charge in [-0.15, -0.1) is 0 Å². The fourth-order valence-electron chi connectivity index (χ4n) is 2.86. The molecule has 7 nitrogen and oxygen atoms in total. The van der Waals surface area contributed by atoms with Crippen LogP contribution in [0.3, 0.4) is 0 Å². The number of benzene rings is 1. The lowest BCUT2D eigenvalue weighted by atomic mass is 10.0. The van der Waals surface area contributed by atoms with Gasteiger partial charge in [-0.25, -0.2) is 9.80 Å². The molecule has 0 atom stereocenters. The van der Waals surface area contributed by atoms with Gasteiger partial charge in [0.2, 0.25) is 11.8 Å². The van der Waals surface area contributed by atoms with E-state index in [1.165, 1.54) is 11.1 Å².